The largest absolute Gasteiger partial charge is 0.497 e. The number of aryl methyl sites for hydroxylation is 2. The van der Waals surface area contributed by atoms with Crippen LogP contribution in [-0.4, -0.2) is 21.4 Å². The van der Waals surface area contributed by atoms with Crippen molar-refractivity contribution in [2.45, 2.75) is 45.1 Å². The van der Waals surface area contributed by atoms with Crippen LogP contribution in [0.15, 0.2) is 65.6 Å². The van der Waals surface area contributed by atoms with E-state index in [4.69, 9.17) is 16.3 Å². The Labute approximate surface area is 212 Å². The molecule has 0 saturated carbocycles. The molecule has 0 saturated heterocycles. The maximum absolute atomic E-state index is 13.2. The van der Waals surface area contributed by atoms with E-state index in [0.717, 1.165) is 22.4 Å². The van der Waals surface area contributed by atoms with Gasteiger partial charge in [0.2, 0.25) is 0 Å². The molecule has 0 aliphatic heterocycles. The summed E-state index contributed by atoms with van der Waals surface area (Å²) in [7, 11) is -2.41. The minimum absolute atomic E-state index is 0.0340. The third-order valence-corrected chi connectivity index (χ3v) is 7.64. The van der Waals surface area contributed by atoms with Crippen LogP contribution < -0.4 is 14.8 Å². The van der Waals surface area contributed by atoms with Gasteiger partial charge in [-0.05, 0) is 85.3 Å². The van der Waals surface area contributed by atoms with E-state index in [2.05, 4.69) is 23.9 Å². The van der Waals surface area contributed by atoms with E-state index in [1.165, 1.54) is 18.2 Å². The van der Waals surface area contributed by atoms with Gasteiger partial charge in [0.1, 0.15) is 10.6 Å². The monoisotopic (exact) mass is 514 g/mol. The highest BCUT2D eigenvalue weighted by Crippen LogP contribution is 2.28. The van der Waals surface area contributed by atoms with E-state index >= 15 is 0 Å². The summed E-state index contributed by atoms with van der Waals surface area (Å²) >= 11 is 6.24. The molecule has 8 heteroatoms. The van der Waals surface area contributed by atoms with Gasteiger partial charge in [-0.25, -0.2) is 8.42 Å². The molecule has 2 N–H and O–H groups in total. The first kappa shape index (κ1) is 26.6. The summed E-state index contributed by atoms with van der Waals surface area (Å²) in [5.74, 6) is 0.670. The minimum atomic E-state index is -4.01. The Hall–Kier alpha value is -3.03. The van der Waals surface area contributed by atoms with Gasteiger partial charge in [-0.1, -0.05) is 43.6 Å². The highest BCUT2D eigenvalue weighted by atomic mass is 35.5. The second-order valence-electron chi connectivity index (χ2n) is 8.98. The molecule has 35 heavy (non-hydrogen) atoms. The molecule has 3 rings (SSSR count). The fourth-order valence-corrected chi connectivity index (χ4v) is 5.27. The molecule has 0 aliphatic carbocycles. The van der Waals surface area contributed by atoms with Crippen molar-refractivity contribution in [2.24, 2.45) is 5.92 Å². The Bertz CT molecular complexity index is 1310. The summed E-state index contributed by atoms with van der Waals surface area (Å²) in [6.45, 7) is 8.01. The number of hydrogen-bond donors (Lipinski definition) is 2. The third-order valence-electron chi connectivity index (χ3n) is 5.77. The predicted molar refractivity (Wildman–Crippen MR) is 141 cm³/mol. The van der Waals surface area contributed by atoms with Crippen LogP contribution in [0.3, 0.4) is 0 Å². The summed E-state index contributed by atoms with van der Waals surface area (Å²) in [6.07, 6.45) is 0.713. The zero-order valence-corrected chi connectivity index (χ0v) is 22.1. The number of rotatable bonds is 9. The summed E-state index contributed by atoms with van der Waals surface area (Å²) in [6, 6.07) is 16.8. The summed E-state index contributed by atoms with van der Waals surface area (Å²) in [5.41, 5.74) is 3.58. The molecule has 0 spiro atoms. The maximum Gasteiger partial charge on any atom is 0.263 e. The van der Waals surface area contributed by atoms with Crippen molar-refractivity contribution in [3.05, 3.63) is 87.9 Å². The number of halogens is 1. The van der Waals surface area contributed by atoms with Crippen molar-refractivity contribution in [3.8, 4) is 5.75 Å². The lowest BCUT2D eigenvalue weighted by Gasteiger charge is -2.22. The molecule has 186 valence electrons. The topological polar surface area (TPSA) is 84.5 Å². The van der Waals surface area contributed by atoms with Crippen LogP contribution in [0.4, 0.5) is 5.69 Å². The van der Waals surface area contributed by atoms with Gasteiger partial charge in [0.15, 0.2) is 0 Å². The molecule has 1 atom stereocenters. The molecule has 0 radical (unpaired) electrons. The van der Waals surface area contributed by atoms with Gasteiger partial charge in [-0.2, -0.15) is 0 Å². The average molecular weight is 515 g/mol. The van der Waals surface area contributed by atoms with Gasteiger partial charge >= 0.3 is 0 Å². The Morgan fingerprint density at radius 3 is 2.26 bits per heavy atom. The number of hydrogen-bond acceptors (Lipinski definition) is 4. The van der Waals surface area contributed by atoms with Gasteiger partial charge in [0.05, 0.1) is 18.2 Å². The van der Waals surface area contributed by atoms with Gasteiger partial charge in [-0.15, -0.1) is 0 Å². The first-order valence-corrected chi connectivity index (χ1v) is 13.2. The first-order valence-electron chi connectivity index (χ1n) is 11.3. The molecule has 0 bridgehead atoms. The molecule has 1 amide bonds. The number of carbonyl (C=O) groups is 1. The minimum Gasteiger partial charge on any atom is -0.497 e. The van der Waals surface area contributed by atoms with Crippen molar-refractivity contribution in [1.82, 2.24) is 5.32 Å². The molecule has 3 aromatic rings. The highest BCUT2D eigenvalue weighted by molar-refractivity contribution is 7.92. The van der Waals surface area contributed by atoms with Gasteiger partial charge in [-0.3, -0.25) is 9.52 Å². The van der Waals surface area contributed by atoms with Crippen LogP contribution >= 0.6 is 11.6 Å². The Kier molecular flexibility index (Phi) is 8.46. The van der Waals surface area contributed by atoms with Crippen molar-refractivity contribution in [3.63, 3.8) is 0 Å². The number of anilines is 1. The Morgan fingerprint density at radius 2 is 1.66 bits per heavy atom. The predicted octanol–water partition coefficient (Wildman–Crippen LogP) is 6.28. The highest BCUT2D eigenvalue weighted by Gasteiger charge is 2.23. The molecule has 0 aromatic heterocycles. The number of amides is 1. The number of benzene rings is 3. The number of methoxy groups -OCH3 is 1. The molecular weight excluding hydrogens is 484 g/mol. The number of nitrogens with one attached hydrogen (secondary N) is 2. The van der Waals surface area contributed by atoms with E-state index in [9.17, 15) is 13.2 Å². The van der Waals surface area contributed by atoms with Crippen LogP contribution in [0.25, 0.3) is 0 Å². The fourth-order valence-electron chi connectivity index (χ4n) is 3.69. The smallest absolute Gasteiger partial charge is 0.263 e. The van der Waals surface area contributed by atoms with Crippen LogP contribution in [0.1, 0.15) is 53.4 Å². The van der Waals surface area contributed by atoms with Crippen molar-refractivity contribution >= 4 is 33.2 Å². The van der Waals surface area contributed by atoms with E-state index in [0.29, 0.717) is 18.0 Å². The van der Waals surface area contributed by atoms with E-state index in [1.54, 1.807) is 19.2 Å². The van der Waals surface area contributed by atoms with E-state index < -0.39 is 10.0 Å². The summed E-state index contributed by atoms with van der Waals surface area (Å²) in [5, 5.41) is 3.08. The molecule has 3 aromatic carbocycles. The third kappa shape index (κ3) is 6.77. The van der Waals surface area contributed by atoms with E-state index in [1.807, 2.05) is 44.2 Å². The van der Waals surface area contributed by atoms with Gasteiger partial charge < -0.3 is 10.1 Å². The first-order chi connectivity index (χ1) is 16.5. The zero-order chi connectivity index (χ0) is 25.8. The Morgan fingerprint density at radius 1 is 0.971 bits per heavy atom. The average Bonchev–Trinajstić information content (AvgIpc) is 2.80. The molecule has 0 heterocycles. The Balaban J connectivity index is 1.87. The molecule has 0 aliphatic rings. The van der Waals surface area contributed by atoms with Crippen molar-refractivity contribution in [1.29, 1.82) is 0 Å². The lowest BCUT2D eigenvalue weighted by atomic mass is 9.96. The number of ether oxygens (including phenoxy) is 1. The maximum atomic E-state index is 13.2. The van der Waals surface area contributed by atoms with Crippen LogP contribution in [0, 0.1) is 19.8 Å². The number of carbonyl (C=O) groups excluding carboxylic acids is 1. The molecule has 0 fully saturated rings. The van der Waals surface area contributed by atoms with Crippen LogP contribution in [0.2, 0.25) is 5.02 Å². The number of sulfonamides is 1. The van der Waals surface area contributed by atoms with Crippen molar-refractivity contribution < 1.29 is 17.9 Å². The van der Waals surface area contributed by atoms with Gasteiger partial charge in [0.25, 0.3) is 15.9 Å². The van der Waals surface area contributed by atoms with Crippen molar-refractivity contribution in [2.75, 3.05) is 11.8 Å². The standard InChI is InChI=1S/C27H31ClN2O4S/c1-17(2)14-25(20-7-11-23(34-5)12-8-20)29-27(31)21-9-13-24(28)26(16-21)35(32,33)30-22-10-6-18(3)19(4)15-22/h6-13,15-17,25,30H,14H2,1-5H3,(H,29,31)/t25-/m1/s1. The quantitative estimate of drug-likeness (QED) is 0.351. The normalized spacial score (nSPS) is 12.3. The molecule has 6 nitrogen and oxygen atoms in total. The molecular formula is C27H31ClN2O4S. The van der Waals surface area contributed by atoms with Gasteiger partial charge in [0, 0.05) is 11.3 Å². The fraction of sp³-hybridized carbons (Fsp3) is 0.296. The van der Waals surface area contributed by atoms with Crippen LogP contribution in [-0.2, 0) is 10.0 Å². The molecule has 0 unspecified atom stereocenters. The zero-order valence-electron chi connectivity index (χ0n) is 20.6. The lowest BCUT2D eigenvalue weighted by molar-refractivity contribution is 0.0931. The second-order valence-corrected chi connectivity index (χ2v) is 11.0. The summed E-state index contributed by atoms with van der Waals surface area (Å²) < 4.78 is 34.0. The summed E-state index contributed by atoms with van der Waals surface area (Å²) in [4.78, 5) is 13.0. The van der Waals surface area contributed by atoms with Crippen LogP contribution in [0.5, 0.6) is 5.75 Å². The SMILES string of the molecule is COc1ccc([C@@H](CC(C)C)NC(=O)c2ccc(Cl)c(S(=O)(=O)Nc3ccc(C)c(C)c3)c2)cc1. The lowest BCUT2D eigenvalue weighted by Crippen LogP contribution is -2.29. The van der Waals surface area contributed by atoms with E-state index in [-0.39, 0.29) is 27.4 Å². The second kappa shape index (κ2) is 11.1.